The number of aromatic nitrogens is 2. The van der Waals surface area contributed by atoms with Crippen LogP contribution in [0.2, 0.25) is 0 Å². The number of hydrogen-bond acceptors (Lipinski definition) is 3. The minimum Gasteiger partial charge on any atom is -0.467 e. The van der Waals surface area contributed by atoms with E-state index in [9.17, 15) is 4.79 Å². The molecule has 5 heteroatoms. The fourth-order valence-electron chi connectivity index (χ4n) is 2.69. The number of amides is 1. The summed E-state index contributed by atoms with van der Waals surface area (Å²) >= 11 is 0. The molecule has 0 unspecified atom stereocenters. The van der Waals surface area contributed by atoms with Crippen LogP contribution in [0.1, 0.15) is 47.6 Å². The number of carbonyl (C=O) groups is 1. The Morgan fingerprint density at radius 1 is 1.50 bits per heavy atom. The van der Waals surface area contributed by atoms with Crippen LogP contribution in [0.25, 0.3) is 0 Å². The van der Waals surface area contributed by atoms with E-state index in [2.05, 4.69) is 5.10 Å². The number of aryl methyl sites for hydroxylation is 1. The van der Waals surface area contributed by atoms with Crippen LogP contribution in [0.3, 0.4) is 0 Å². The molecule has 0 fully saturated rings. The topological polar surface area (TPSA) is 51.3 Å². The van der Waals surface area contributed by atoms with Crippen molar-refractivity contribution in [2.75, 3.05) is 7.05 Å². The lowest BCUT2D eigenvalue weighted by atomic mass is 10.1. The normalized spacial score (nSPS) is 15.7. The van der Waals surface area contributed by atoms with E-state index in [1.165, 1.54) is 0 Å². The van der Waals surface area contributed by atoms with Gasteiger partial charge in [-0.2, -0.15) is 5.10 Å². The largest absolute Gasteiger partial charge is 0.467 e. The van der Waals surface area contributed by atoms with Crippen LogP contribution in [0.4, 0.5) is 0 Å². The van der Waals surface area contributed by atoms with E-state index < -0.39 is 0 Å². The van der Waals surface area contributed by atoms with Gasteiger partial charge < -0.3 is 9.32 Å². The van der Waals surface area contributed by atoms with Gasteiger partial charge in [0, 0.05) is 13.6 Å². The Labute approximate surface area is 118 Å². The molecule has 1 aliphatic heterocycles. The van der Waals surface area contributed by atoms with Gasteiger partial charge in [-0.25, -0.2) is 0 Å². The Hall–Kier alpha value is -2.04. The zero-order valence-corrected chi connectivity index (χ0v) is 11.9. The third kappa shape index (κ3) is 2.13. The van der Waals surface area contributed by atoms with Crippen LogP contribution in [0.5, 0.6) is 0 Å². The molecule has 0 spiro atoms. The van der Waals surface area contributed by atoms with E-state index in [1.54, 1.807) is 17.4 Å². The van der Waals surface area contributed by atoms with Gasteiger partial charge in [0.2, 0.25) is 0 Å². The molecule has 5 nitrogen and oxygen atoms in total. The molecule has 2 aromatic heterocycles. The van der Waals surface area contributed by atoms with Crippen LogP contribution in [0, 0.1) is 0 Å². The third-order valence-corrected chi connectivity index (χ3v) is 4.07. The van der Waals surface area contributed by atoms with Crippen LogP contribution >= 0.6 is 0 Å². The highest BCUT2D eigenvalue weighted by Crippen LogP contribution is 2.24. The second-order valence-electron chi connectivity index (χ2n) is 5.29. The third-order valence-electron chi connectivity index (χ3n) is 4.07. The summed E-state index contributed by atoms with van der Waals surface area (Å²) in [6, 6.07) is 3.64. The van der Waals surface area contributed by atoms with Crippen molar-refractivity contribution in [1.82, 2.24) is 14.7 Å². The quantitative estimate of drug-likeness (QED) is 0.864. The van der Waals surface area contributed by atoms with Crippen molar-refractivity contribution in [2.24, 2.45) is 0 Å². The fourth-order valence-corrected chi connectivity index (χ4v) is 2.69. The Kier molecular flexibility index (Phi) is 3.34. The van der Waals surface area contributed by atoms with Gasteiger partial charge >= 0.3 is 0 Å². The average molecular weight is 273 g/mol. The monoisotopic (exact) mass is 273 g/mol. The molecule has 1 atom stereocenters. The zero-order chi connectivity index (χ0) is 14.1. The van der Waals surface area contributed by atoms with Gasteiger partial charge in [-0.15, -0.1) is 0 Å². The van der Waals surface area contributed by atoms with Crippen molar-refractivity contribution >= 4 is 5.91 Å². The summed E-state index contributed by atoms with van der Waals surface area (Å²) in [5, 5.41) is 4.33. The molecular formula is C15H19N3O2. The lowest BCUT2D eigenvalue weighted by Gasteiger charge is -2.24. The summed E-state index contributed by atoms with van der Waals surface area (Å²) in [6.07, 6.45) is 6.54. The van der Waals surface area contributed by atoms with Gasteiger partial charge in [-0.3, -0.25) is 9.48 Å². The molecule has 0 N–H and O–H groups in total. The second kappa shape index (κ2) is 5.15. The van der Waals surface area contributed by atoms with E-state index in [4.69, 9.17) is 4.42 Å². The lowest BCUT2D eigenvalue weighted by Crippen LogP contribution is -2.30. The van der Waals surface area contributed by atoms with Gasteiger partial charge in [0.05, 0.1) is 29.8 Å². The summed E-state index contributed by atoms with van der Waals surface area (Å²) in [6.45, 7) is 2.88. The number of fused-ring (bicyclic) bond motifs is 1. The van der Waals surface area contributed by atoms with Crippen molar-refractivity contribution in [2.45, 2.75) is 38.8 Å². The second-order valence-corrected chi connectivity index (χ2v) is 5.29. The first-order chi connectivity index (χ1) is 9.68. The molecule has 1 amide bonds. The minimum absolute atomic E-state index is 0.0112. The van der Waals surface area contributed by atoms with Gasteiger partial charge in [-0.05, 0) is 38.3 Å². The van der Waals surface area contributed by atoms with Crippen molar-refractivity contribution in [3.8, 4) is 0 Å². The molecule has 0 saturated carbocycles. The zero-order valence-electron chi connectivity index (χ0n) is 11.9. The molecule has 106 valence electrons. The maximum atomic E-state index is 12.6. The van der Waals surface area contributed by atoms with E-state index >= 15 is 0 Å². The Morgan fingerprint density at radius 3 is 3.10 bits per heavy atom. The minimum atomic E-state index is -0.0864. The van der Waals surface area contributed by atoms with Crippen molar-refractivity contribution in [1.29, 1.82) is 0 Å². The number of rotatable bonds is 3. The standard InChI is InChI=1S/C15H19N3O2/c1-11(14-7-5-9-20-14)17(2)15(19)12-10-16-18-8-4-3-6-13(12)18/h5,7,9-11H,3-4,6,8H2,1-2H3/t11-/m1/s1. The Morgan fingerprint density at radius 2 is 2.35 bits per heavy atom. The summed E-state index contributed by atoms with van der Waals surface area (Å²) in [4.78, 5) is 14.4. The maximum Gasteiger partial charge on any atom is 0.257 e. The van der Waals surface area contributed by atoms with Crippen LogP contribution < -0.4 is 0 Å². The van der Waals surface area contributed by atoms with Crippen LogP contribution in [0.15, 0.2) is 29.0 Å². The predicted molar refractivity (Wildman–Crippen MR) is 74.4 cm³/mol. The smallest absolute Gasteiger partial charge is 0.257 e. The van der Waals surface area contributed by atoms with Crippen molar-refractivity contribution < 1.29 is 9.21 Å². The van der Waals surface area contributed by atoms with Gasteiger partial charge in [0.25, 0.3) is 5.91 Å². The van der Waals surface area contributed by atoms with Gasteiger partial charge in [0.15, 0.2) is 0 Å². The molecule has 0 aromatic carbocycles. The van der Waals surface area contributed by atoms with Crippen LogP contribution in [-0.4, -0.2) is 27.6 Å². The lowest BCUT2D eigenvalue weighted by molar-refractivity contribution is 0.0724. The summed E-state index contributed by atoms with van der Waals surface area (Å²) < 4.78 is 7.34. The molecular weight excluding hydrogens is 254 g/mol. The number of nitrogens with zero attached hydrogens (tertiary/aromatic N) is 3. The molecule has 0 bridgehead atoms. The van der Waals surface area contributed by atoms with E-state index in [1.807, 2.05) is 30.8 Å². The molecule has 0 aliphatic carbocycles. The summed E-state index contributed by atoms with van der Waals surface area (Å²) in [5.41, 5.74) is 1.80. The highest BCUT2D eigenvalue weighted by Gasteiger charge is 2.26. The summed E-state index contributed by atoms with van der Waals surface area (Å²) in [5.74, 6) is 0.805. The molecule has 1 aliphatic rings. The van der Waals surface area contributed by atoms with E-state index in [0.29, 0.717) is 0 Å². The molecule has 0 saturated heterocycles. The fraction of sp³-hybridized carbons (Fsp3) is 0.467. The SMILES string of the molecule is C[C@H](c1ccco1)N(C)C(=O)c1cnn2c1CCCC2. The highest BCUT2D eigenvalue weighted by atomic mass is 16.3. The van der Waals surface area contributed by atoms with Gasteiger partial charge in [-0.1, -0.05) is 0 Å². The first kappa shape index (κ1) is 13.0. The van der Waals surface area contributed by atoms with Gasteiger partial charge in [0.1, 0.15) is 5.76 Å². The molecule has 3 heterocycles. The predicted octanol–water partition coefficient (Wildman–Crippen LogP) is 2.65. The highest BCUT2D eigenvalue weighted by molar-refractivity contribution is 5.95. The molecule has 3 rings (SSSR count). The average Bonchev–Trinajstić information content (AvgIpc) is 3.14. The first-order valence-electron chi connectivity index (χ1n) is 7.03. The molecule has 0 radical (unpaired) electrons. The van der Waals surface area contributed by atoms with E-state index in [-0.39, 0.29) is 11.9 Å². The van der Waals surface area contributed by atoms with Crippen molar-refractivity contribution in [3.63, 3.8) is 0 Å². The van der Waals surface area contributed by atoms with Crippen LogP contribution in [-0.2, 0) is 13.0 Å². The van der Waals surface area contributed by atoms with Crippen molar-refractivity contribution in [3.05, 3.63) is 41.6 Å². The molecule has 2 aromatic rings. The molecule has 20 heavy (non-hydrogen) atoms. The first-order valence-corrected chi connectivity index (χ1v) is 7.03. The number of hydrogen-bond donors (Lipinski definition) is 0. The van der Waals surface area contributed by atoms with E-state index in [0.717, 1.165) is 42.8 Å². The number of carbonyl (C=O) groups excluding carboxylic acids is 1. The summed E-state index contributed by atoms with van der Waals surface area (Å²) in [7, 11) is 1.81. The number of furan rings is 1. The Bertz CT molecular complexity index is 601. The maximum absolute atomic E-state index is 12.6. The Balaban J connectivity index is 1.83.